The van der Waals surface area contributed by atoms with E-state index in [2.05, 4.69) is 5.32 Å². The van der Waals surface area contributed by atoms with Gasteiger partial charge >= 0.3 is 0 Å². The largest absolute Gasteiger partial charge is 0.399 e. The molecular formula is C9H15N3O3S2. The third kappa shape index (κ3) is 4.72. The standard InChI is InChI=1S/C9H15N3O3S2/c1-16(13)3-2-12-8-4-7(10)5-9(6-8)17(11,14)15/h4-6,12H,2-3,10H2,1H3,(H2,11,14,15). The van der Waals surface area contributed by atoms with Gasteiger partial charge in [0.05, 0.1) is 4.90 Å². The van der Waals surface area contributed by atoms with E-state index in [4.69, 9.17) is 10.9 Å². The van der Waals surface area contributed by atoms with Crippen LogP contribution in [0.1, 0.15) is 0 Å². The van der Waals surface area contributed by atoms with Crippen LogP contribution in [0, 0.1) is 0 Å². The van der Waals surface area contributed by atoms with Gasteiger partial charge in [0.15, 0.2) is 0 Å². The van der Waals surface area contributed by atoms with Crippen molar-refractivity contribution in [2.45, 2.75) is 4.90 Å². The van der Waals surface area contributed by atoms with Crippen molar-refractivity contribution in [2.75, 3.05) is 29.6 Å². The Labute approximate surface area is 103 Å². The van der Waals surface area contributed by atoms with Crippen LogP contribution in [-0.2, 0) is 20.8 Å². The molecule has 0 aromatic heterocycles. The normalized spacial score (nSPS) is 13.3. The Hall–Kier alpha value is -1.12. The minimum atomic E-state index is -3.77. The Morgan fingerprint density at radius 1 is 1.35 bits per heavy atom. The van der Waals surface area contributed by atoms with Crippen LogP contribution in [0.5, 0.6) is 0 Å². The van der Waals surface area contributed by atoms with Crippen molar-refractivity contribution >= 4 is 32.2 Å². The monoisotopic (exact) mass is 277 g/mol. The summed E-state index contributed by atoms with van der Waals surface area (Å²) in [7, 11) is -4.67. The molecule has 96 valence electrons. The third-order valence-electron chi connectivity index (χ3n) is 1.98. The van der Waals surface area contributed by atoms with E-state index in [0.717, 1.165) is 0 Å². The lowest BCUT2D eigenvalue weighted by molar-refractivity contribution is 0.598. The zero-order valence-corrected chi connectivity index (χ0v) is 11.0. The first-order valence-corrected chi connectivity index (χ1v) is 8.03. The number of nitrogens with one attached hydrogen (secondary N) is 1. The van der Waals surface area contributed by atoms with E-state index in [0.29, 0.717) is 23.7 Å². The molecule has 1 unspecified atom stereocenters. The summed E-state index contributed by atoms with van der Waals surface area (Å²) in [6.45, 7) is 0.469. The van der Waals surface area contributed by atoms with Gasteiger partial charge in [0.2, 0.25) is 10.0 Å². The summed E-state index contributed by atoms with van der Waals surface area (Å²) in [5.41, 5.74) is 6.41. The van der Waals surface area contributed by atoms with E-state index in [-0.39, 0.29) is 4.90 Å². The van der Waals surface area contributed by atoms with E-state index in [1.165, 1.54) is 12.1 Å². The van der Waals surface area contributed by atoms with Gasteiger partial charge in [-0.2, -0.15) is 0 Å². The molecule has 1 rings (SSSR count). The van der Waals surface area contributed by atoms with Crippen molar-refractivity contribution in [1.29, 1.82) is 0 Å². The van der Waals surface area contributed by atoms with E-state index in [1.54, 1.807) is 12.3 Å². The molecule has 1 aromatic rings. The van der Waals surface area contributed by atoms with Crippen molar-refractivity contribution in [3.05, 3.63) is 18.2 Å². The third-order valence-corrected chi connectivity index (χ3v) is 3.65. The molecule has 0 saturated heterocycles. The molecular weight excluding hydrogens is 262 g/mol. The molecule has 0 heterocycles. The molecule has 0 aliphatic heterocycles. The minimum absolute atomic E-state index is 0.0439. The summed E-state index contributed by atoms with van der Waals surface area (Å²) in [5.74, 6) is 0.472. The van der Waals surface area contributed by atoms with E-state index >= 15 is 0 Å². The van der Waals surface area contributed by atoms with Crippen molar-refractivity contribution in [3.63, 3.8) is 0 Å². The molecule has 1 aromatic carbocycles. The molecule has 8 heteroatoms. The second-order valence-electron chi connectivity index (χ2n) is 3.54. The number of benzene rings is 1. The van der Waals surface area contributed by atoms with Crippen LogP contribution in [-0.4, -0.2) is 31.2 Å². The van der Waals surface area contributed by atoms with Crippen molar-refractivity contribution < 1.29 is 12.6 Å². The molecule has 17 heavy (non-hydrogen) atoms. The van der Waals surface area contributed by atoms with Crippen LogP contribution < -0.4 is 16.2 Å². The zero-order chi connectivity index (χ0) is 13.1. The summed E-state index contributed by atoms with van der Waals surface area (Å²) < 4.78 is 33.2. The van der Waals surface area contributed by atoms with Gasteiger partial charge < -0.3 is 11.1 Å². The molecule has 0 amide bonds. The average molecular weight is 277 g/mol. The van der Waals surface area contributed by atoms with Crippen LogP contribution in [0.25, 0.3) is 0 Å². The lowest BCUT2D eigenvalue weighted by atomic mass is 10.3. The number of sulfonamides is 1. The topological polar surface area (TPSA) is 115 Å². The van der Waals surface area contributed by atoms with Crippen LogP contribution in [0.15, 0.2) is 23.1 Å². The smallest absolute Gasteiger partial charge is 0.238 e. The molecule has 0 saturated carbocycles. The minimum Gasteiger partial charge on any atom is -0.399 e. The molecule has 0 fully saturated rings. The molecule has 0 spiro atoms. The van der Waals surface area contributed by atoms with Gasteiger partial charge in [-0.1, -0.05) is 0 Å². The summed E-state index contributed by atoms with van der Waals surface area (Å²) in [4.78, 5) is -0.0439. The average Bonchev–Trinajstić information content (AvgIpc) is 2.14. The van der Waals surface area contributed by atoms with Crippen molar-refractivity contribution in [2.24, 2.45) is 5.14 Å². The summed E-state index contributed by atoms with van der Waals surface area (Å²) in [6.07, 6.45) is 1.59. The highest BCUT2D eigenvalue weighted by Gasteiger charge is 2.09. The fraction of sp³-hybridized carbons (Fsp3) is 0.333. The van der Waals surface area contributed by atoms with Gasteiger partial charge in [0, 0.05) is 40.7 Å². The molecule has 0 radical (unpaired) electrons. The Morgan fingerprint density at radius 2 is 2.00 bits per heavy atom. The lowest BCUT2D eigenvalue weighted by Gasteiger charge is -2.08. The fourth-order valence-corrected chi connectivity index (χ4v) is 2.21. The molecule has 0 aliphatic carbocycles. The molecule has 5 N–H and O–H groups in total. The highest BCUT2D eigenvalue weighted by Crippen LogP contribution is 2.19. The number of primary sulfonamides is 1. The number of hydrogen-bond donors (Lipinski definition) is 3. The maximum Gasteiger partial charge on any atom is 0.238 e. The SMILES string of the molecule is CS(=O)CCNc1cc(N)cc(S(N)(=O)=O)c1. The summed E-state index contributed by atoms with van der Waals surface area (Å²) in [6, 6.07) is 4.27. The Bertz CT molecular complexity index is 528. The Kier molecular flexibility index (Phi) is 4.49. The zero-order valence-electron chi connectivity index (χ0n) is 9.34. The number of anilines is 2. The second kappa shape index (κ2) is 5.48. The van der Waals surface area contributed by atoms with Gasteiger partial charge in [-0.3, -0.25) is 4.21 Å². The van der Waals surface area contributed by atoms with E-state index in [9.17, 15) is 12.6 Å². The number of hydrogen-bond acceptors (Lipinski definition) is 5. The van der Waals surface area contributed by atoms with Gasteiger partial charge in [0.1, 0.15) is 0 Å². The predicted octanol–water partition coefficient (Wildman–Crippen LogP) is -0.293. The Morgan fingerprint density at radius 3 is 2.53 bits per heavy atom. The predicted molar refractivity (Wildman–Crippen MR) is 69.7 cm³/mol. The highest BCUT2D eigenvalue weighted by atomic mass is 32.2. The number of nitrogen functional groups attached to an aromatic ring is 1. The van der Waals surface area contributed by atoms with E-state index in [1.807, 2.05) is 0 Å². The Balaban J connectivity index is 2.87. The molecule has 0 bridgehead atoms. The van der Waals surface area contributed by atoms with Gasteiger partial charge in [-0.25, -0.2) is 13.6 Å². The van der Waals surface area contributed by atoms with Crippen LogP contribution >= 0.6 is 0 Å². The first-order valence-electron chi connectivity index (χ1n) is 4.76. The summed E-state index contributed by atoms with van der Waals surface area (Å²) in [5, 5.41) is 7.95. The van der Waals surface area contributed by atoms with Crippen LogP contribution in [0.2, 0.25) is 0 Å². The van der Waals surface area contributed by atoms with Crippen molar-refractivity contribution in [3.8, 4) is 0 Å². The van der Waals surface area contributed by atoms with E-state index < -0.39 is 20.8 Å². The highest BCUT2D eigenvalue weighted by molar-refractivity contribution is 7.89. The maximum absolute atomic E-state index is 11.2. The number of nitrogens with two attached hydrogens (primary N) is 2. The van der Waals surface area contributed by atoms with Gasteiger partial charge in [-0.15, -0.1) is 0 Å². The molecule has 1 atom stereocenters. The summed E-state index contributed by atoms with van der Waals surface area (Å²) >= 11 is 0. The maximum atomic E-state index is 11.2. The van der Waals surface area contributed by atoms with Crippen LogP contribution in [0.3, 0.4) is 0 Å². The first-order chi connectivity index (χ1) is 7.79. The quantitative estimate of drug-likeness (QED) is 0.639. The molecule has 6 nitrogen and oxygen atoms in total. The van der Waals surface area contributed by atoms with Crippen LogP contribution in [0.4, 0.5) is 11.4 Å². The van der Waals surface area contributed by atoms with Gasteiger partial charge in [0.25, 0.3) is 0 Å². The number of rotatable bonds is 5. The van der Waals surface area contributed by atoms with Gasteiger partial charge in [-0.05, 0) is 18.2 Å². The second-order valence-corrected chi connectivity index (χ2v) is 6.66. The molecule has 0 aliphatic rings. The van der Waals surface area contributed by atoms with Crippen molar-refractivity contribution in [1.82, 2.24) is 0 Å². The fourth-order valence-electron chi connectivity index (χ4n) is 1.23. The lowest BCUT2D eigenvalue weighted by Crippen LogP contribution is -2.14. The first kappa shape index (κ1) is 13.9.